The van der Waals surface area contributed by atoms with Crippen molar-refractivity contribution >= 4 is 16.9 Å². The van der Waals surface area contributed by atoms with Crippen LogP contribution >= 0.6 is 0 Å². The van der Waals surface area contributed by atoms with Crippen molar-refractivity contribution in [2.45, 2.75) is 45.3 Å². The molecule has 2 heterocycles. The average Bonchev–Trinajstić information content (AvgIpc) is 3.40. The molecular weight excluding hydrogens is 378 g/mol. The van der Waals surface area contributed by atoms with Crippen molar-refractivity contribution in [3.8, 4) is 5.75 Å². The van der Waals surface area contributed by atoms with Crippen LogP contribution in [-0.4, -0.2) is 41.3 Å². The summed E-state index contributed by atoms with van der Waals surface area (Å²) in [5.41, 5.74) is 3.29. The fourth-order valence-corrected chi connectivity index (χ4v) is 3.88. The number of aromatic nitrogens is 2. The number of para-hydroxylation sites is 2. The first-order chi connectivity index (χ1) is 14.7. The molecule has 30 heavy (non-hydrogen) atoms. The van der Waals surface area contributed by atoms with Crippen LogP contribution in [0.3, 0.4) is 0 Å². The minimum Gasteiger partial charge on any atom is -0.492 e. The number of aryl methyl sites for hydroxylation is 2. The van der Waals surface area contributed by atoms with Crippen molar-refractivity contribution in [2.75, 3.05) is 19.8 Å². The number of carbonyl (C=O) groups is 1. The van der Waals surface area contributed by atoms with Crippen LogP contribution in [0.15, 0.2) is 48.5 Å². The van der Waals surface area contributed by atoms with Gasteiger partial charge in [0.15, 0.2) is 0 Å². The summed E-state index contributed by atoms with van der Waals surface area (Å²) >= 11 is 0. The van der Waals surface area contributed by atoms with Gasteiger partial charge in [0.1, 0.15) is 24.3 Å². The largest absolute Gasteiger partial charge is 0.492 e. The second kappa shape index (κ2) is 9.76. The van der Waals surface area contributed by atoms with Crippen molar-refractivity contribution in [1.29, 1.82) is 0 Å². The van der Waals surface area contributed by atoms with Crippen molar-refractivity contribution in [3.05, 3.63) is 59.9 Å². The van der Waals surface area contributed by atoms with Gasteiger partial charge < -0.3 is 19.4 Å². The number of hydrogen-bond acceptors (Lipinski definition) is 4. The van der Waals surface area contributed by atoms with E-state index in [4.69, 9.17) is 14.5 Å². The average molecular weight is 408 g/mol. The quantitative estimate of drug-likeness (QED) is 0.550. The van der Waals surface area contributed by atoms with E-state index in [2.05, 4.69) is 28.9 Å². The molecule has 1 unspecified atom stereocenters. The van der Waals surface area contributed by atoms with Gasteiger partial charge in [-0.2, -0.15) is 0 Å². The molecule has 6 nitrogen and oxygen atoms in total. The van der Waals surface area contributed by atoms with Gasteiger partial charge in [-0.25, -0.2) is 4.98 Å². The Kier molecular flexibility index (Phi) is 6.64. The number of ether oxygens (including phenoxy) is 2. The molecule has 0 spiro atoms. The predicted octanol–water partition coefficient (Wildman–Crippen LogP) is 3.65. The number of hydrogen-bond donors (Lipinski definition) is 1. The van der Waals surface area contributed by atoms with Crippen LogP contribution in [0.5, 0.6) is 5.75 Å². The fraction of sp³-hybridized carbons (Fsp3) is 0.417. The van der Waals surface area contributed by atoms with Gasteiger partial charge in [-0.3, -0.25) is 4.79 Å². The summed E-state index contributed by atoms with van der Waals surface area (Å²) < 4.78 is 13.6. The molecule has 0 saturated carbocycles. The Morgan fingerprint density at radius 2 is 2.17 bits per heavy atom. The van der Waals surface area contributed by atoms with E-state index in [0.717, 1.165) is 54.8 Å². The van der Waals surface area contributed by atoms with Gasteiger partial charge in [-0.05, 0) is 56.0 Å². The van der Waals surface area contributed by atoms with Crippen molar-refractivity contribution in [3.63, 3.8) is 0 Å². The van der Waals surface area contributed by atoms with E-state index in [1.54, 1.807) is 0 Å². The topological polar surface area (TPSA) is 65.4 Å². The van der Waals surface area contributed by atoms with Gasteiger partial charge >= 0.3 is 0 Å². The zero-order valence-corrected chi connectivity index (χ0v) is 17.5. The Morgan fingerprint density at radius 3 is 3.00 bits per heavy atom. The van der Waals surface area contributed by atoms with E-state index in [0.29, 0.717) is 19.8 Å². The first kappa shape index (κ1) is 20.4. The molecule has 1 atom stereocenters. The monoisotopic (exact) mass is 407 g/mol. The Hall–Kier alpha value is -2.86. The summed E-state index contributed by atoms with van der Waals surface area (Å²) in [6.07, 6.45) is 3.15. The summed E-state index contributed by atoms with van der Waals surface area (Å²) in [4.78, 5) is 16.9. The van der Waals surface area contributed by atoms with Gasteiger partial charge in [0.05, 0.1) is 17.6 Å². The zero-order valence-electron chi connectivity index (χ0n) is 17.5. The van der Waals surface area contributed by atoms with E-state index in [1.165, 1.54) is 5.56 Å². The molecule has 4 rings (SSSR count). The number of benzene rings is 2. The van der Waals surface area contributed by atoms with Crippen molar-refractivity contribution < 1.29 is 14.3 Å². The molecule has 1 aromatic heterocycles. The normalized spacial score (nSPS) is 16.1. The second-order valence-corrected chi connectivity index (χ2v) is 7.73. The van der Waals surface area contributed by atoms with E-state index in [1.807, 2.05) is 36.4 Å². The van der Waals surface area contributed by atoms with E-state index in [9.17, 15) is 4.79 Å². The molecule has 1 N–H and O–H groups in total. The number of carbonyl (C=O) groups excluding carboxylic acids is 1. The Morgan fingerprint density at radius 1 is 1.27 bits per heavy atom. The van der Waals surface area contributed by atoms with Crippen LogP contribution in [0, 0.1) is 6.92 Å². The highest BCUT2D eigenvalue weighted by Gasteiger charge is 2.22. The molecule has 6 heteroatoms. The highest BCUT2D eigenvalue weighted by Crippen LogP contribution is 2.18. The molecule has 1 amide bonds. The molecule has 1 fully saturated rings. The van der Waals surface area contributed by atoms with E-state index in [-0.39, 0.29) is 12.0 Å². The molecule has 3 aromatic rings. The van der Waals surface area contributed by atoms with Crippen LogP contribution < -0.4 is 10.1 Å². The number of rotatable bonds is 9. The standard InChI is InChI=1S/C24H29N3O3/c1-18-7-4-8-19(17-18)29-16-14-27-21-10-3-2-9-20(21)26-23(27)12-5-13-25-24(28)22-11-6-15-30-22/h2-4,7-10,17,22H,5-6,11-16H2,1H3,(H,25,28). The second-order valence-electron chi connectivity index (χ2n) is 7.73. The summed E-state index contributed by atoms with van der Waals surface area (Å²) in [6.45, 7) is 4.68. The zero-order chi connectivity index (χ0) is 20.8. The van der Waals surface area contributed by atoms with Crippen LogP contribution in [0.1, 0.15) is 30.7 Å². The van der Waals surface area contributed by atoms with E-state index >= 15 is 0 Å². The Bertz CT molecular complexity index is 992. The number of amides is 1. The van der Waals surface area contributed by atoms with E-state index < -0.39 is 0 Å². The third kappa shape index (κ3) is 5.00. The maximum absolute atomic E-state index is 12.1. The molecule has 0 aliphatic carbocycles. The highest BCUT2D eigenvalue weighted by molar-refractivity contribution is 5.80. The van der Waals surface area contributed by atoms with Crippen LogP contribution in [-0.2, 0) is 22.5 Å². The highest BCUT2D eigenvalue weighted by atomic mass is 16.5. The Balaban J connectivity index is 1.35. The summed E-state index contributed by atoms with van der Waals surface area (Å²) in [5, 5.41) is 2.99. The lowest BCUT2D eigenvalue weighted by Crippen LogP contribution is -2.34. The maximum atomic E-state index is 12.1. The SMILES string of the molecule is Cc1cccc(OCCn2c(CCCNC(=O)C3CCCO3)nc3ccccc32)c1. The molecule has 0 bridgehead atoms. The lowest BCUT2D eigenvalue weighted by atomic mass is 10.2. The molecule has 1 aliphatic heterocycles. The van der Waals surface area contributed by atoms with Crippen molar-refractivity contribution in [1.82, 2.24) is 14.9 Å². The molecule has 1 saturated heterocycles. The number of nitrogens with one attached hydrogen (secondary N) is 1. The minimum absolute atomic E-state index is 0.00700. The lowest BCUT2D eigenvalue weighted by Gasteiger charge is -2.12. The number of imidazole rings is 1. The molecular formula is C24H29N3O3. The molecule has 1 aliphatic rings. The molecule has 0 radical (unpaired) electrons. The maximum Gasteiger partial charge on any atom is 0.249 e. The van der Waals surface area contributed by atoms with Gasteiger partial charge in [-0.1, -0.05) is 24.3 Å². The number of fused-ring (bicyclic) bond motifs is 1. The third-order valence-electron chi connectivity index (χ3n) is 5.41. The fourth-order valence-electron chi connectivity index (χ4n) is 3.88. The number of nitrogens with zero attached hydrogens (tertiary/aromatic N) is 2. The van der Waals surface area contributed by atoms with Gasteiger partial charge in [-0.15, -0.1) is 0 Å². The molecule has 158 valence electrons. The van der Waals surface area contributed by atoms with Crippen LogP contribution in [0.4, 0.5) is 0 Å². The van der Waals surface area contributed by atoms with Crippen molar-refractivity contribution in [2.24, 2.45) is 0 Å². The smallest absolute Gasteiger partial charge is 0.249 e. The summed E-state index contributed by atoms with van der Waals surface area (Å²) in [6, 6.07) is 16.3. The lowest BCUT2D eigenvalue weighted by molar-refractivity contribution is -0.130. The summed E-state index contributed by atoms with van der Waals surface area (Å²) in [7, 11) is 0. The van der Waals surface area contributed by atoms with Crippen LogP contribution in [0.25, 0.3) is 11.0 Å². The first-order valence-electron chi connectivity index (χ1n) is 10.7. The molecule has 2 aromatic carbocycles. The van der Waals surface area contributed by atoms with Gasteiger partial charge in [0.2, 0.25) is 5.91 Å². The predicted molar refractivity (Wildman–Crippen MR) is 117 cm³/mol. The first-order valence-corrected chi connectivity index (χ1v) is 10.7. The van der Waals surface area contributed by atoms with Crippen LogP contribution in [0.2, 0.25) is 0 Å². The Labute approximate surface area is 177 Å². The van der Waals surface area contributed by atoms with Gasteiger partial charge in [0, 0.05) is 19.6 Å². The third-order valence-corrected chi connectivity index (χ3v) is 5.41. The van der Waals surface area contributed by atoms with Gasteiger partial charge in [0.25, 0.3) is 0 Å². The summed E-state index contributed by atoms with van der Waals surface area (Å²) in [5.74, 6) is 1.92. The minimum atomic E-state index is -0.270.